The number of benzene rings is 1. The third kappa shape index (κ3) is 5.21. The van der Waals surface area contributed by atoms with Gasteiger partial charge in [-0.15, -0.1) is 10.2 Å². The number of thioether (sulfide) groups is 1. The third-order valence-corrected chi connectivity index (χ3v) is 6.69. The predicted molar refractivity (Wildman–Crippen MR) is 117 cm³/mol. The zero-order valence-electron chi connectivity index (χ0n) is 18.0. The number of hydrogen-bond donors (Lipinski definition) is 2. The van der Waals surface area contributed by atoms with Crippen LogP contribution in [0.3, 0.4) is 0 Å². The molecular weight excluding hydrogens is 396 g/mol. The highest BCUT2D eigenvalue weighted by Gasteiger charge is 2.35. The van der Waals surface area contributed by atoms with Crippen molar-refractivity contribution in [3.8, 4) is 6.07 Å². The van der Waals surface area contributed by atoms with Crippen LogP contribution in [0.5, 0.6) is 0 Å². The molecule has 2 N–H and O–H groups in total. The van der Waals surface area contributed by atoms with E-state index in [-0.39, 0.29) is 17.7 Å². The first-order valence-corrected chi connectivity index (χ1v) is 11.6. The SMILES string of the molecule is CC[C@@H](c1nnc(SCC(=O)NC2(C#N)CCCC2)n1Cc1ccccc1)[NH+](C)C. The van der Waals surface area contributed by atoms with E-state index in [1.54, 1.807) is 0 Å². The lowest BCUT2D eigenvalue weighted by atomic mass is 10.0. The molecule has 1 aromatic heterocycles. The van der Waals surface area contributed by atoms with Gasteiger partial charge in [0.2, 0.25) is 5.91 Å². The van der Waals surface area contributed by atoms with Crippen molar-refractivity contribution >= 4 is 17.7 Å². The van der Waals surface area contributed by atoms with E-state index in [0.717, 1.165) is 43.1 Å². The lowest BCUT2D eigenvalue weighted by molar-refractivity contribution is -0.893. The molecule has 0 saturated heterocycles. The summed E-state index contributed by atoms with van der Waals surface area (Å²) in [7, 11) is 4.25. The number of nitrogens with one attached hydrogen (secondary N) is 2. The van der Waals surface area contributed by atoms with Gasteiger partial charge in [0.25, 0.3) is 0 Å². The maximum atomic E-state index is 12.6. The van der Waals surface area contributed by atoms with Crippen LogP contribution >= 0.6 is 11.8 Å². The molecule has 1 atom stereocenters. The molecule has 7 nitrogen and oxygen atoms in total. The molecule has 2 aromatic rings. The van der Waals surface area contributed by atoms with Gasteiger partial charge in [-0.2, -0.15) is 5.26 Å². The monoisotopic (exact) mass is 427 g/mol. The smallest absolute Gasteiger partial charge is 0.231 e. The minimum absolute atomic E-state index is 0.121. The molecule has 0 unspecified atom stereocenters. The topological polar surface area (TPSA) is 88.0 Å². The highest BCUT2D eigenvalue weighted by atomic mass is 32.2. The summed E-state index contributed by atoms with van der Waals surface area (Å²) in [6.07, 6.45) is 4.39. The second-order valence-electron chi connectivity index (χ2n) is 8.19. The van der Waals surface area contributed by atoms with Crippen LogP contribution in [-0.2, 0) is 11.3 Å². The normalized spacial score (nSPS) is 16.4. The van der Waals surface area contributed by atoms with Crippen LogP contribution in [0.1, 0.15) is 56.5 Å². The Morgan fingerprint density at radius 2 is 2.00 bits per heavy atom. The summed E-state index contributed by atoms with van der Waals surface area (Å²) in [6, 6.07) is 12.8. The van der Waals surface area contributed by atoms with Crippen LogP contribution in [0.4, 0.5) is 0 Å². The summed E-state index contributed by atoms with van der Waals surface area (Å²) in [5.74, 6) is 1.04. The van der Waals surface area contributed by atoms with E-state index in [0.29, 0.717) is 6.54 Å². The van der Waals surface area contributed by atoms with E-state index < -0.39 is 5.54 Å². The van der Waals surface area contributed by atoms with Gasteiger partial charge in [0.15, 0.2) is 11.0 Å². The predicted octanol–water partition coefficient (Wildman–Crippen LogP) is 1.97. The minimum Gasteiger partial charge on any atom is -0.337 e. The Balaban J connectivity index is 1.77. The fraction of sp³-hybridized carbons (Fsp3) is 0.545. The summed E-state index contributed by atoms with van der Waals surface area (Å²) in [6.45, 7) is 2.82. The van der Waals surface area contributed by atoms with Crippen molar-refractivity contribution in [3.63, 3.8) is 0 Å². The number of aromatic nitrogens is 3. The van der Waals surface area contributed by atoms with E-state index in [9.17, 15) is 10.1 Å². The fourth-order valence-corrected chi connectivity index (χ4v) is 4.85. The zero-order chi connectivity index (χ0) is 21.6. The van der Waals surface area contributed by atoms with Gasteiger partial charge in [0, 0.05) is 6.42 Å². The lowest BCUT2D eigenvalue weighted by Gasteiger charge is -2.22. The van der Waals surface area contributed by atoms with E-state index in [4.69, 9.17) is 0 Å². The maximum absolute atomic E-state index is 12.6. The van der Waals surface area contributed by atoms with Crippen LogP contribution in [-0.4, -0.2) is 46.1 Å². The zero-order valence-corrected chi connectivity index (χ0v) is 18.8. The van der Waals surface area contributed by atoms with Gasteiger partial charge in [-0.3, -0.25) is 9.36 Å². The van der Waals surface area contributed by atoms with Gasteiger partial charge in [0.1, 0.15) is 11.6 Å². The molecule has 1 amide bonds. The van der Waals surface area contributed by atoms with Crippen LogP contribution in [0.25, 0.3) is 0 Å². The number of carbonyl (C=O) groups excluding carboxylic acids is 1. The Kier molecular flexibility index (Phi) is 7.51. The Morgan fingerprint density at radius 1 is 1.30 bits per heavy atom. The second kappa shape index (κ2) is 10.1. The highest BCUT2D eigenvalue weighted by Crippen LogP contribution is 2.29. The van der Waals surface area contributed by atoms with E-state index in [2.05, 4.69) is 59.3 Å². The standard InChI is InChI=1S/C22H30N6OS/c1-4-18(27(2)3)20-25-26-21(28(20)14-17-10-6-5-7-11-17)30-15-19(29)24-22(16-23)12-8-9-13-22/h5-7,10-11,18H,4,8-9,12-15H2,1-3H3,(H,24,29)/p+1/t18-/m0/s1. The quantitative estimate of drug-likeness (QED) is 0.598. The fourth-order valence-electron chi connectivity index (χ4n) is 4.10. The maximum Gasteiger partial charge on any atom is 0.231 e. The van der Waals surface area contributed by atoms with Gasteiger partial charge >= 0.3 is 0 Å². The molecule has 160 valence electrons. The van der Waals surface area contributed by atoms with E-state index >= 15 is 0 Å². The molecule has 1 aliphatic rings. The summed E-state index contributed by atoms with van der Waals surface area (Å²) in [5, 5.41) is 22.1. The van der Waals surface area contributed by atoms with Gasteiger partial charge in [0.05, 0.1) is 32.5 Å². The van der Waals surface area contributed by atoms with Crippen LogP contribution < -0.4 is 10.2 Å². The minimum atomic E-state index is -0.692. The Labute approximate surface area is 182 Å². The molecule has 1 aromatic carbocycles. The molecule has 1 aliphatic carbocycles. The van der Waals surface area contributed by atoms with Crippen molar-refractivity contribution in [1.82, 2.24) is 20.1 Å². The van der Waals surface area contributed by atoms with Gasteiger partial charge in [-0.1, -0.05) is 49.0 Å². The van der Waals surface area contributed by atoms with Crippen molar-refractivity contribution < 1.29 is 9.69 Å². The van der Waals surface area contributed by atoms with Gasteiger partial charge in [-0.05, 0) is 31.2 Å². The molecule has 0 radical (unpaired) electrons. The molecule has 30 heavy (non-hydrogen) atoms. The number of nitrogens with zero attached hydrogens (tertiary/aromatic N) is 4. The number of carbonyl (C=O) groups is 1. The number of quaternary nitrogens is 1. The average Bonchev–Trinajstić information content (AvgIpc) is 3.36. The van der Waals surface area contributed by atoms with Crippen LogP contribution in [0.2, 0.25) is 0 Å². The average molecular weight is 428 g/mol. The largest absolute Gasteiger partial charge is 0.337 e. The van der Waals surface area contributed by atoms with E-state index in [1.165, 1.54) is 22.2 Å². The first-order chi connectivity index (χ1) is 14.5. The molecule has 1 fully saturated rings. The molecule has 1 saturated carbocycles. The summed E-state index contributed by atoms with van der Waals surface area (Å²) >= 11 is 1.39. The number of hydrogen-bond acceptors (Lipinski definition) is 5. The Morgan fingerprint density at radius 3 is 2.60 bits per heavy atom. The van der Waals surface area contributed by atoms with Gasteiger partial charge < -0.3 is 10.2 Å². The molecule has 0 spiro atoms. The van der Waals surface area contributed by atoms with Crippen LogP contribution in [0.15, 0.2) is 35.5 Å². The van der Waals surface area contributed by atoms with Crippen molar-refractivity contribution in [3.05, 3.63) is 41.7 Å². The second-order valence-corrected chi connectivity index (χ2v) is 9.13. The summed E-state index contributed by atoms with van der Waals surface area (Å²) in [5.41, 5.74) is 0.477. The third-order valence-electron chi connectivity index (χ3n) is 5.73. The molecule has 0 aliphatic heterocycles. The molecule has 8 heteroatoms. The molecule has 3 rings (SSSR count). The van der Waals surface area contributed by atoms with Crippen LogP contribution in [0, 0.1) is 11.3 Å². The molecule has 1 heterocycles. The van der Waals surface area contributed by atoms with Crippen molar-refractivity contribution in [2.45, 2.75) is 62.3 Å². The van der Waals surface area contributed by atoms with Gasteiger partial charge in [-0.25, -0.2) is 0 Å². The van der Waals surface area contributed by atoms with Crippen molar-refractivity contribution in [2.24, 2.45) is 0 Å². The number of amides is 1. The first kappa shape index (κ1) is 22.3. The highest BCUT2D eigenvalue weighted by molar-refractivity contribution is 7.99. The Bertz CT molecular complexity index is 883. The number of nitriles is 1. The number of rotatable bonds is 9. The van der Waals surface area contributed by atoms with Crippen molar-refractivity contribution in [1.29, 1.82) is 5.26 Å². The van der Waals surface area contributed by atoms with E-state index in [1.807, 2.05) is 18.2 Å². The first-order valence-electron chi connectivity index (χ1n) is 10.6. The molecule has 0 bridgehead atoms. The summed E-state index contributed by atoms with van der Waals surface area (Å²) in [4.78, 5) is 13.9. The Hall–Kier alpha value is -2.37. The van der Waals surface area contributed by atoms with Crippen molar-refractivity contribution in [2.75, 3.05) is 19.8 Å². The molecular formula is C22H31N6OS+. The summed E-state index contributed by atoms with van der Waals surface area (Å²) < 4.78 is 2.13. The lowest BCUT2D eigenvalue weighted by Crippen LogP contribution is -3.06.